The van der Waals surface area contributed by atoms with Gasteiger partial charge in [-0.25, -0.2) is 0 Å². The lowest BCUT2D eigenvalue weighted by atomic mass is 10.1. The summed E-state index contributed by atoms with van der Waals surface area (Å²) in [5, 5.41) is 4.25. The number of rotatable bonds is 5. The monoisotopic (exact) mass is 356 g/mol. The summed E-state index contributed by atoms with van der Waals surface area (Å²) in [6, 6.07) is 13.3. The minimum Gasteiger partial charge on any atom is -0.449 e. The lowest BCUT2D eigenvalue weighted by Crippen LogP contribution is -2.21. The second-order valence-corrected chi connectivity index (χ2v) is 6.25. The molecule has 3 aromatic rings. The molecule has 3 rings (SSSR count). The Hall–Kier alpha value is -2.46. The standard InChI is InChI=1S/C20H21ClN2O2/c1-4-23(5-2)15-11-9-14(10-12-15)22-20(24)18-13(3)16-7-6-8-17(21)19(16)25-18/h6-12H,4-5H2,1-3H3,(H,22,24). The van der Waals surface area contributed by atoms with Crippen molar-refractivity contribution in [2.75, 3.05) is 23.3 Å². The van der Waals surface area contributed by atoms with Gasteiger partial charge in [-0.15, -0.1) is 0 Å². The molecule has 0 aliphatic carbocycles. The summed E-state index contributed by atoms with van der Waals surface area (Å²) in [6.45, 7) is 7.99. The smallest absolute Gasteiger partial charge is 0.291 e. The van der Waals surface area contributed by atoms with Crippen LogP contribution in [0.2, 0.25) is 5.02 Å². The molecule has 5 heteroatoms. The third-order valence-electron chi connectivity index (χ3n) is 4.38. The molecule has 0 saturated carbocycles. The third kappa shape index (κ3) is 3.35. The molecule has 0 radical (unpaired) electrons. The van der Waals surface area contributed by atoms with E-state index in [1.54, 1.807) is 6.07 Å². The van der Waals surface area contributed by atoms with E-state index in [-0.39, 0.29) is 11.7 Å². The number of benzene rings is 2. The Labute approximate surface area is 152 Å². The van der Waals surface area contributed by atoms with Gasteiger partial charge in [0.2, 0.25) is 0 Å². The fourth-order valence-electron chi connectivity index (χ4n) is 2.96. The summed E-state index contributed by atoms with van der Waals surface area (Å²) >= 11 is 6.15. The zero-order chi connectivity index (χ0) is 18.0. The molecule has 1 N–H and O–H groups in total. The molecule has 0 spiro atoms. The van der Waals surface area contributed by atoms with Crippen LogP contribution in [-0.4, -0.2) is 19.0 Å². The number of nitrogens with zero attached hydrogens (tertiary/aromatic N) is 1. The Bertz CT molecular complexity index is 896. The Morgan fingerprint density at radius 3 is 2.40 bits per heavy atom. The van der Waals surface area contributed by atoms with Gasteiger partial charge in [0.05, 0.1) is 5.02 Å². The molecule has 0 aliphatic rings. The van der Waals surface area contributed by atoms with E-state index in [9.17, 15) is 4.79 Å². The van der Waals surface area contributed by atoms with Gasteiger partial charge < -0.3 is 14.6 Å². The number of amides is 1. The van der Waals surface area contributed by atoms with Gasteiger partial charge in [-0.3, -0.25) is 4.79 Å². The first kappa shape index (κ1) is 17.4. The number of carbonyl (C=O) groups excluding carboxylic acids is 1. The van der Waals surface area contributed by atoms with Crippen molar-refractivity contribution in [2.45, 2.75) is 20.8 Å². The predicted octanol–water partition coefficient (Wildman–Crippen LogP) is 5.49. The van der Waals surface area contributed by atoms with Crippen LogP contribution in [0, 0.1) is 6.92 Å². The highest BCUT2D eigenvalue weighted by atomic mass is 35.5. The molecule has 1 amide bonds. The summed E-state index contributed by atoms with van der Waals surface area (Å²) in [4.78, 5) is 14.8. The van der Waals surface area contributed by atoms with Crippen LogP contribution < -0.4 is 10.2 Å². The summed E-state index contributed by atoms with van der Waals surface area (Å²) in [5.41, 5.74) is 3.19. The van der Waals surface area contributed by atoms with Crippen molar-refractivity contribution in [3.05, 3.63) is 58.8 Å². The number of hydrogen-bond acceptors (Lipinski definition) is 3. The maximum Gasteiger partial charge on any atom is 0.291 e. The van der Waals surface area contributed by atoms with E-state index in [4.69, 9.17) is 16.0 Å². The molecule has 0 bridgehead atoms. The van der Waals surface area contributed by atoms with Crippen LogP contribution in [-0.2, 0) is 0 Å². The van der Waals surface area contributed by atoms with Gasteiger partial charge in [-0.2, -0.15) is 0 Å². The lowest BCUT2D eigenvalue weighted by Gasteiger charge is -2.21. The molecular weight excluding hydrogens is 336 g/mol. The number of carbonyl (C=O) groups is 1. The fourth-order valence-corrected chi connectivity index (χ4v) is 3.17. The Kier molecular flexibility index (Phi) is 5.00. The number of fused-ring (bicyclic) bond motifs is 1. The van der Waals surface area contributed by atoms with Crippen LogP contribution >= 0.6 is 11.6 Å². The first-order valence-corrected chi connectivity index (χ1v) is 8.76. The van der Waals surface area contributed by atoms with Gasteiger partial charge in [0, 0.05) is 35.4 Å². The molecule has 0 saturated heterocycles. The van der Waals surface area contributed by atoms with Gasteiger partial charge in [0.15, 0.2) is 11.3 Å². The van der Waals surface area contributed by atoms with Gasteiger partial charge in [0.1, 0.15) is 0 Å². The van der Waals surface area contributed by atoms with Crippen molar-refractivity contribution < 1.29 is 9.21 Å². The number of hydrogen-bond donors (Lipinski definition) is 1. The normalized spacial score (nSPS) is 10.9. The summed E-state index contributed by atoms with van der Waals surface area (Å²) < 4.78 is 5.71. The van der Waals surface area contributed by atoms with Crippen LogP contribution in [0.1, 0.15) is 30.0 Å². The summed E-state index contributed by atoms with van der Waals surface area (Å²) in [7, 11) is 0. The molecule has 0 unspecified atom stereocenters. The van der Waals surface area contributed by atoms with E-state index < -0.39 is 0 Å². The largest absolute Gasteiger partial charge is 0.449 e. The predicted molar refractivity (Wildman–Crippen MR) is 104 cm³/mol. The zero-order valence-corrected chi connectivity index (χ0v) is 15.4. The Balaban J connectivity index is 1.83. The molecule has 1 heterocycles. The fraction of sp³-hybridized carbons (Fsp3) is 0.250. The van der Waals surface area contributed by atoms with Crippen molar-refractivity contribution in [3.8, 4) is 0 Å². The molecule has 1 aromatic heterocycles. The SMILES string of the molecule is CCN(CC)c1ccc(NC(=O)c2oc3c(Cl)cccc3c2C)cc1. The van der Waals surface area contributed by atoms with E-state index in [0.29, 0.717) is 10.6 Å². The third-order valence-corrected chi connectivity index (χ3v) is 4.67. The van der Waals surface area contributed by atoms with Crippen LogP contribution in [0.25, 0.3) is 11.0 Å². The number of nitrogens with one attached hydrogen (secondary N) is 1. The van der Waals surface area contributed by atoms with Crippen molar-refractivity contribution in [3.63, 3.8) is 0 Å². The molecule has 0 atom stereocenters. The van der Waals surface area contributed by atoms with Gasteiger partial charge in [0.25, 0.3) is 5.91 Å². The first-order valence-electron chi connectivity index (χ1n) is 8.39. The van der Waals surface area contributed by atoms with E-state index in [0.717, 1.165) is 35.4 Å². The van der Waals surface area contributed by atoms with Crippen molar-refractivity contribution in [2.24, 2.45) is 0 Å². The van der Waals surface area contributed by atoms with Crippen LogP contribution in [0.15, 0.2) is 46.9 Å². The molecule has 2 aromatic carbocycles. The highest BCUT2D eigenvalue weighted by molar-refractivity contribution is 6.35. The summed E-state index contributed by atoms with van der Waals surface area (Å²) in [5.74, 6) is 0.0104. The molecule has 4 nitrogen and oxygen atoms in total. The quantitative estimate of drug-likeness (QED) is 0.657. The summed E-state index contributed by atoms with van der Waals surface area (Å²) in [6.07, 6.45) is 0. The number of anilines is 2. The molecule has 130 valence electrons. The number of halogens is 1. The minimum atomic E-state index is -0.277. The zero-order valence-electron chi connectivity index (χ0n) is 14.6. The lowest BCUT2D eigenvalue weighted by molar-refractivity contribution is 0.0998. The van der Waals surface area contributed by atoms with Crippen LogP contribution in [0.3, 0.4) is 0 Å². The average Bonchev–Trinajstić information content (AvgIpc) is 2.96. The van der Waals surface area contributed by atoms with Gasteiger partial charge in [-0.05, 0) is 51.1 Å². The Morgan fingerprint density at radius 2 is 1.80 bits per heavy atom. The van der Waals surface area contributed by atoms with Crippen molar-refractivity contribution in [1.82, 2.24) is 0 Å². The van der Waals surface area contributed by atoms with Crippen LogP contribution in [0.4, 0.5) is 11.4 Å². The Morgan fingerprint density at radius 1 is 1.12 bits per heavy atom. The molecule has 0 fully saturated rings. The molecule has 0 aliphatic heterocycles. The second-order valence-electron chi connectivity index (χ2n) is 5.85. The average molecular weight is 357 g/mol. The van der Waals surface area contributed by atoms with E-state index in [2.05, 4.69) is 24.1 Å². The van der Waals surface area contributed by atoms with Gasteiger partial charge in [-0.1, -0.05) is 23.7 Å². The topological polar surface area (TPSA) is 45.5 Å². The number of para-hydroxylation sites is 1. The highest BCUT2D eigenvalue weighted by Crippen LogP contribution is 2.31. The van der Waals surface area contributed by atoms with E-state index in [1.165, 1.54) is 0 Å². The van der Waals surface area contributed by atoms with E-state index in [1.807, 2.05) is 43.3 Å². The van der Waals surface area contributed by atoms with Crippen molar-refractivity contribution >= 4 is 39.9 Å². The molecular formula is C20H21ClN2O2. The maximum absolute atomic E-state index is 12.6. The highest BCUT2D eigenvalue weighted by Gasteiger charge is 2.19. The number of furan rings is 1. The van der Waals surface area contributed by atoms with Crippen LogP contribution in [0.5, 0.6) is 0 Å². The van der Waals surface area contributed by atoms with Crippen molar-refractivity contribution in [1.29, 1.82) is 0 Å². The maximum atomic E-state index is 12.6. The van der Waals surface area contributed by atoms with E-state index >= 15 is 0 Å². The molecule has 25 heavy (non-hydrogen) atoms. The van der Waals surface area contributed by atoms with Gasteiger partial charge >= 0.3 is 0 Å². The minimum absolute atomic E-state index is 0.277. The second kappa shape index (κ2) is 7.19. The number of aryl methyl sites for hydroxylation is 1. The first-order chi connectivity index (χ1) is 12.0.